The summed E-state index contributed by atoms with van der Waals surface area (Å²) in [4.78, 5) is 30.4. The number of imidazole rings is 1. The minimum absolute atomic E-state index is 0.00481. The van der Waals surface area contributed by atoms with Crippen molar-refractivity contribution in [3.05, 3.63) is 48.0 Å². The fourth-order valence-corrected chi connectivity index (χ4v) is 3.64. The molecule has 3 rings (SSSR count). The third kappa shape index (κ3) is 5.25. The first-order valence-corrected chi connectivity index (χ1v) is 10.4. The van der Waals surface area contributed by atoms with E-state index in [0.29, 0.717) is 13.0 Å². The van der Waals surface area contributed by atoms with Gasteiger partial charge in [-0.1, -0.05) is 31.9 Å². The highest BCUT2D eigenvalue weighted by molar-refractivity contribution is 5.90. The normalized spacial score (nSPS) is 19.2. The first kappa shape index (κ1) is 22.0. The number of anilines is 1. The molecule has 1 aromatic carbocycles. The van der Waals surface area contributed by atoms with E-state index in [1.165, 1.54) is 0 Å². The molecule has 0 aliphatic carbocycles. The summed E-state index contributed by atoms with van der Waals surface area (Å²) < 4.78 is 7.63. The summed E-state index contributed by atoms with van der Waals surface area (Å²) in [7, 11) is 1.87. The molecule has 1 fully saturated rings. The number of morpholine rings is 1. The van der Waals surface area contributed by atoms with Gasteiger partial charge in [0.05, 0.1) is 19.2 Å². The number of rotatable bonds is 9. The number of nitrogens with one attached hydrogen (secondary N) is 1. The highest BCUT2D eigenvalue weighted by Crippen LogP contribution is 2.30. The van der Waals surface area contributed by atoms with Gasteiger partial charge < -0.3 is 24.6 Å². The number of ether oxygens (including phenoxy) is 1. The minimum atomic E-state index is -0.516. The van der Waals surface area contributed by atoms with Gasteiger partial charge in [-0.3, -0.25) is 9.59 Å². The van der Waals surface area contributed by atoms with E-state index >= 15 is 0 Å². The van der Waals surface area contributed by atoms with E-state index in [2.05, 4.69) is 17.2 Å². The number of carbonyl (C=O) groups excluding carboxylic acids is 2. The van der Waals surface area contributed by atoms with E-state index in [1.807, 2.05) is 42.1 Å². The van der Waals surface area contributed by atoms with Crippen LogP contribution in [0.25, 0.3) is 0 Å². The molecule has 1 aromatic heterocycles. The maximum atomic E-state index is 12.5. The third-order valence-electron chi connectivity index (χ3n) is 5.41. The van der Waals surface area contributed by atoms with Crippen LogP contribution in [0.4, 0.5) is 5.69 Å². The lowest BCUT2D eigenvalue weighted by Crippen LogP contribution is -2.52. The second kappa shape index (κ2) is 10.4. The van der Waals surface area contributed by atoms with E-state index < -0.39 is 12.1 Å². The van der Waals surface area contributed by atoms with Crippen LogP contribution in [0.1, 0.15) is 50.1 Å². The van der Waals surface area contributed by atoms with Crippen molar-refractivity contribution in [1.82, 2.24) is 14.5 Å². The molecule has 8 heteroatoms. The molecule has 2 heterocycles. The molecular formula is C22H30N4O4. The molecule has 1 aliphatic rings. The molecule has 162 valence electrons. The number of carbonyl (C=O) groups is 2. The number of nitrogens with zero attached hydrogens (tertiary/aromatic N) is 3. The number of hydrogen-bond acceptors (Lipinski definition) is 5. The Hall–Kier alpha value is -2.71. The van der Waals surface area contributed by atoms with Crippen molar-refractivity contribution < 1.29 is 19.4 Å². The monoisotopic (exact) mass is 414 g/mol. The number of aliphatic hydroxyl groups excluding tert-OH is 1. The van der Waals surface area contributed by atoms with Crippen LogP contribution in [0.2, 0.25) is 0 Å². The van der Waals surface area contributed by atoms with Gasteiger partial charge in [-0.05, 0) is 24.1 Å². The highest BCUT2D eigenvalue weighted by atomic mass is 16.5. The summed E-state index contributed by atoms with van der Waals surface area (Å²) in [6, 6.07) is 6.86. The van der Waals surface area contributed by atoms with Crippen LogP contribution in [0.3, 0.4) is 0 Å². The molecule has 8 nitrogen and oxygen atoms in total. The molecule has 1 aliphatic heterocycles. The number of aliphatic hydroxyl groups is 1. The number of hydrogen-bond donors (Lipinski definition) is 2. The third-order valence-corrected chi connectivity index (χ3v) is 5.41. The Morgan fingerprint density at radius 1 is 1.30 bits per heavy atom. The molecule has 0 bridgehead atoms. The molecule has 2 aromatic rings. The SMILES string of the molecule is CCCCCC(=O)Nc1ccc([C@H]2OCC(=O)N(Cc3nccn3C)[C@@H]2CO)cc1. The molecule has 1 saturated heterocycles. The van der Waals surface area contributed by atoms with E-state index in [1.54, 1.807) is 11.1 Å². The van der Waals surface area contributed by atoms with Crippen LogP contribution in [0, 0.1) is 0 Å². The van der Waals surface area contributed by atoms with Crippen LogP contribution in [0.5, 0.6) is 0 Å². The minimum Gasteiger partial charge on any atom is -0.394 e. The van der Waals surface area contributed by atoms with Crippen molar-refractivity contribution in [1.29, 1.82) is 0 Å². The van der Waals surface area contributed by atoms with Gasteiger partial charge in [0, 0.05) is 31.5 Å². The van der Waals surface area contributed by atoms with E-state index in [0.717, 1.165) is 36.3 Å². The Morgan fingerprint density at radius 3 is 2.70 bits per heavy atom. The predicted molar refractivity (Wildman–Crippen MR) is 113 cm³/mol. The Labute approximate surface area is 176 Å². The zero-order valence-corrected chi connectivity index (χ0v) is 17.6. The summed E-state index contributed by atoms with van der Waals surface area (Å²) in [6.45, 7) is 2.13. The van der Waals surface area contributed by atoms with Gasteiger partial charge >= 0.3 is 0 Å². The van der Waals surface area contributed by atoms with Crippen molar-refractivity contribution in [2.24, 2.45) is 7.05 Å². The lowest BCUT2D eigenvalue weighted by molar-refractivity contribution is -0.162. The quantitative estimate of drug-likeness (QED) is 0.614. The molecular weight excluding hydrogens is 384 g/mol. The van der Waals surface area contributed by atoms with Gasteiger partial charge in [0.15, 0.2) is 0 Å². The standard InChI is InChI=1S/C22H30N4O4/c1-3-4-5-6-20(28)24-17-9-7-16(8-10-17)22-18(14-27)26(21(29)15-30-22)13-19-23-11-12-25(19)2/h7-12,18,22,27H,3-6,13-15H2,1-2H3,(H,24,28)/t18-,22-/m1/s1. The smallest absolute Gasteiger partial charge is 0.249 e. The molecule has 0 radical (unpaired) electrons. The first-order valence-electron chi connectivity index (χ1n) is 10.4. The van der Waals surface area contributed by atoms with Gasteiger partial charge in [-0.15, -0.1) is 0 Å². The van der Waals surface area contributed by atoms with Gasteiger partial charge in [-0.25, -0.2) is 4.98 Å². The Balaban J connectivity index is 1.68. The van der Waals surface area contributed by atoms with Crippen LogP contribution in [-0.4, -0.2) is 50.6 Å². The number of amides is 2. The number of benzene rings is 1. The topological polar surface area (TPSA) is 96.7 Å². The lowest BCUT2D eigenvalue weighted by atomic mass is 9.99. The Morgan fingerprint density at radius 2 is 2.07 bits per heavy atom. The van der Waals surface area contributed by atoms with Crippen molar-refractivity contribution >= 4 is 17.5 Å². The van der Waals surface area contributed by atoms with Crippen molar-refractivity contribution in [2.75, 3.05) is 18.5 Å². The average molecular weight is 415 g/mol. The molecule has 2 amide bonds. The van der Waals surface area contributed by atoms with Crippen LogP contribution in [-0.2, 0) is 27.9 Å². The summed E-state index contributed by atoms with van der Waals surface area (Å²) >= 11 is 0. The molecule has 0 saturated carbocycles. The average Bonchev–Trinajstić information content (AvgIpc) is 3.15. The van der Waals surface area contributed by atoms with Crippen LogP contribution >= 0.6 is 0 Å². The summed E-state index contributed by atoms with van der Waals surface area (Å²) in [6.07, 6.45) is 6.56. The molecule has 30 heavy (non-hydrogen) atoms. The van der Waals surface area contributed by atoms with E-state index in [4.69, 9.17) is 4.74 Å². The zero-order valence-electron chi connectivity index (χ0n) is 17.6. The molecule has 2 N–H and O–H groups in total. The number of aryl methyl sites for hydroxylation is 1. The van der Waals surface area contributed by atoms with Gasteiger partial charge in [-0.2, -0.15) is 0 Å². The van der Waals surface area contributed by atoms with Crippen molar-refractivity contribution in [2.45, 2.75) is 51.3 Å². The van der Waals surface area contributed by atoms with Gasteiger partial charge in [0.2, 0.25) is 11.8 Å². The van der Waals surface area contributed by atoms with Crippen LogP contribution < -0.4 is 5.32 Å². The molecule has 0 spiro atoms. The van der Waals surface area contributed by atoms with Gasteiger partial charge in [0.25, 0.3) is 0 Å². The Kier molecular flexibility index (Phi) is 7.59. The number of aromatic nitrogens is 2. The highest BCUT2D eigenvalue weighted by Gasteiger charge is 2.37. The maximum Gasteiger partial charge on any atom is 0.249 e. The summed E-state index contributed by atoms with van der Waals surface area (Å²) in [5.41, 5.74) is 1.56. The maximum absolute atomic E-state index is 12.5. The van der Waals surface area contributed by atoms with E-state index in [9.17, 15) is 14.7 Å². The zero-order chi connectivity index (χ0) is 21.5. The molecule has 0 unspecified atom stereocenters. The second-order valence-electron chi connectivity index (χ2n) is 7.58. The molecule has 2 atom stereocenters. The lowest BCUT2D eigenvalue weighted by Gasteiger charge is -2.40. The Bertz CT molecular complexity index is 849. The van der Waals surface area contributed by atoms with Gasteiger partial charge in [0.1, 0.15) is 18.5 Å². The van der Waals surface area contributed by atoms with E-state index in [-0.39, 0.29) is 25.0 Å². The second-order valence-corrected chi connectivity index (χ2v) is 7.58. The number of unbranched alkanes of at least 4 members (excludes halogenated alkanes) is 2. The predicted octanol–water partition coefficient (Wildman–Crippen LogP) is 2.40. The fourth-order valence-electron chi connectivity index (χ4n) is 3.64. The van der Waals surface area contributed by atoms with Crippen molar-refractivity contribution in [3.8, 4) is 0 Å². The summed E-state index contributed by atoms with van der Waals surface area (Å²) in [5, 5.41) is 12.9. The largest absolute Gasteiger partial charge is 0.394 e. The first-order chi connectivity index (χ1) is 14.5. The summed E-state index contributed by atoms with van der Waals surface area (Å²) in [5.74, 6) is 0.568. The van der Waals surface area contributed by atoms with Crippen LogP contribution in [0.15, 0.2) is 36.7 Å². The van der Waals surface area contributed by atoms with Crippen molar-refractivity contribution in [3.63, 3.8) is 0 Å². The fraction of sp³-hybridized carbons (Fsp3) is 0.500.